The van der Waals surface area contributed by atoms with Gasteiger partial charge in [-0.2, -0.15) is 0 Å². The lowest BCUT2D eigenvalue weighted by Gasteiger charge is -2.27. The van der Waals surface area contributed by atoms with Crippen molar-refractivity contribution in [3.8, 4) is 27.9 Å². The fourth-order valence-corrected chi connectivity index (χ4v) is 9.04. The number of fused-ring (bicyclic) bond motifs is 9. The van der Waals surface area contributed by atoms with Crippen molar-refractivity contribution in [3.05, 3.63) is 206 Å². The van der Waals surface area contributed by atoms with Gasteiger partial charge in [0, 0.05) is 49.4 Å². The minimum atomic E-state index is 0.831. The molecule has 12 rings (SSSR count). The lowest BCUT2D eigenvalue weighted by atomic mass is 9.97. The maximum absolute atomic E-state index is 7.02. The van der Waals surface area contributed by atoms with Crippen molar-refractivity contribution in [2.75, 3.05) is 4.90 Å². The Morgan fingerprint density at radius 3 is 1.78 bits per heavy atom. The average molecular weight is 743 g/mol. The summed E-state index contributed by atoms with van der Waals surface area (Å²) in [5, 5.41) is 6.66. The van der Waals surface area contributed by atoms with Crippen LogP contribution in [0.1, 0.15) is 0 Å². The Morgan fingerprint density at radius 2 is 0.966 bits per heavy atom. The second-order valence-corrected chi connectivity index (χ2v) is 14.8. The quantitative estimate of drug-likeness (QED) is 0.170. The first-order valence-corrected chi connectivity index (χ1v) is 19.7. The van der Waals surface area contributed by atoms with Crippen LogP contribution in [0.4, 0.5) is 17.1 Å². The van der Waals surface area contributed by atoms with E-state index in [0.717, 1.165) is 94.4 Å². The molecule has 3 heterocycles. The number of furan rings is 2. The minimum Gasteiger partial charge on any atom is -0.455 e. The summed E-state index contributed by atoms with van der Waals surface area (Å²) in [6.07, 6.45) is 0. The van der Waals surface area contributed by atoms with Crippen molar-refractivity contribution in [2.45, 2.75) is 0 Å². The van der Waals surface area contributed by atoms with Crippen LogP contribution in [0.25, 0.3) is 93.6 Å². The first-order valence-electron chi connectivity index (χ1n) is 19.7. The molecule has 12 aromatic rings. The SMILES string of the molecule is c1ccc(-c2ccc(N(c3cccc4c3oc3ccccc34)c3ccc(-c4cccc5c6ccccc6n(-c6ccccc6)c45)c4oc5ccccc5c34)cc2)cc1. The zero-order chi connectivity index (χ0) is 38.2. The van der Waals surface area contributed by atoms with Gasteiger partial charge in [-0.05, 0) is 71.8 Å². The van der Waals surface area contributed by atoms with Crippen LogP contribution in [0, 0.1) is 0 Å². The predicted octanol–water partition coefficient (Wildman–Crippen LogP) is 15.4. The van der Waals surface area contributed by atoms with Crippen molar-refractivity contribution < 1.29 is 8.83 Å². The fraction of sp³-hybridized carbons (Fsp3) is 0. The van der Waals surface area contributed by atoms with E-state index in [4.69, 9.17) is 8.83 Å². The predicted molar refractivity (Wildman–Crippen MR) is 241 cm³/mol. The molecule has 4 nitrogen and oxygen atoms in total. The number of aromatic nitrogens is 1. The summed E-state index contributed by atoms with van der Waals surface area (Å²) in [6, 6.07) is 73.0. The van der Waals surface area contributed by atoms with Gasteiger partial charge in [0.1, 0.15) is 16.7 Å². The number of benzene rings is 9. The molecule has 0 saturated carbocycles. The summed E-state index contributed by atoms with van der Waals surface area (Å²) < 4.78 is 16.2. The lowest BCUT2D eigenvalue weighted by Crippen LogP contribution is -2.11. The van der Waals surface area contributed by atoms with E-state index in [-0.39, 0.29) is 0 Å². The van der Waals surface area contributed by atoms with Gasteiger partial charge in [0.15, 0.2) is 5.58 Å². The van der Waals surface area contributed by atoms with Gasteiger partial charge in [0.2, 0.25) is 0 Å². The summed E-state index contributed by atoms with van der Waals surface area (Å²) in [6.45, 7) is 0. The molecule has 3 aromatic heterocycles. The van der Waals surface area contributed by atoms with E-state index in [0.29, 0.717) is 0 Å². The van der Waals surface area contributed by atoms with Gasteiger partial charge in [-0.15, -0.1) is 0 Å². The van der Waals surface area contributed by atoms with Crippen LogP contribution in [0.15, 0.2) is 215 Å². The third-order valence-corrected chi connectivity index (χ3v) is 11.6. The molecular formula is C54H34N2O2. The smallest absolute Gasteiger partial charge is 0.159 e. The summed E-state index contributed by atoms with van der Waals surface area (Å²) in [5.74, 6) is 0. The Bertz CT molecular complexity index is 3500. The molecule has 0 aliphatic heterocycles. The van der Waals surface area contributed by atoms with E-state index in [1.807, 2.05) is 18.2 Å². The van der Waals surface area contributed by atoms with Crippen molar-refractivity contribution in [2.24, 2.45) is 0 Å². The molecule has 4 heteroatoms. The monoisotopic (exact) mass is 742 g/mol. The minimum absolute atomic E-state index is 0.831. The van der Waals surface area contributed by atoms with Gasteiger partial charge >= 0.3 is 0 Å². The third kappa shape index (κ3) is 4.88. The van der Waals surface area contributed by atoms with Crippen LogP contribution in [0.5, 0.6) is 0 Å². The van der Waals surface area contributed by atoms with Crippen LogP contribution in [0.3, 0.4) is 0 Å². The zero-order valence-electron chi connectivity index (χ0n) is 31.3. The van der Waals surface area contributed by atoms with Gasteiger partial charge in [0.25, 0.3) is 0 Å². The van der Waals surface area contributed by atoms with E-state index in [9.17, 15) is 0 Å². The number of hydrogen-bond donors (Lipinski definition) is 0. The normalized spacial score (nSPS) is 11.8. The molecule has 58 heavy (non-hydrogen) atoms. The number of nitrogens with zero attached hydrogens (tertiary/aromatic N) is 2. The molecule has 0 unspecified atom stereocenters. The van der Waals surface area contributed by atoms with Gasteiger partial charge in [-0.25, -0.2) is 0 Å². The Morgan fingerprint density at radius 1 is 0.362 bits per heavy atom. The molecule has 0 bridgehead atoms. The maximum atomic E-state index is 7.02. The Kier molecular flexibility index (Phi) is 7.20. The number of anilines is 3. The first-order chi connectivity index (χ1) is 28.8. The first kappa shape index (κ1) is 32.4. The van der Waals surface area contributed by atoms with E-state index in [2.05, 4.69) is 198 Å². The van der Waals surface area contributed by atoms with E-state index in [1.54, 1.807) is 0 Å². The number of rotatable bonds is 6. The van der Waals surface area contributed by atoms with E-state index in [1.165, 1.54) is 16.3 Å². The maximum Gasteiger partial charge on any atom is 0.159 e. The van der Waals surface area contributed by atoms with Crippen molar-refractivity contribution >= 4 is 82.7 Å². The Hall–Kier alpha value is -7.82. The molecule has 0 amide bonds. The number of hydrogen-bond acceptors (Lipinski definition) is 3. The largest absolute Gasteiger partial charge is 0.455 e. The number of para-hydroxylation sites is 6. The van der Waals surface area contributed by atoms with Crippen molar-refractivity contribution in [3.63, 3.8) is 0 Å². The molecule has 272 valence electrons. The van der Waals surface area contributed by atoms with Crippen LogP contribution in [-0.2, 0) is 0 Å². The topological polar surface area (TPSA) is 34.5 Å². The highest BCUT2D eigenvalue weighted by atomic mass is 16.3. The Labute approximate surface area is 334 Å². The summed E-state index contributed by atoms with van der Waals surface area (Å²) in [7, 11) is 0. The molecule has 0 atom stereocenters. The van der Waals surface area contributed by atoms with Gasteiger partial charge in [-0.1, -0.05) is 146 Å². The molecular weight excluding hydrogens is 709 g/mol. The summed E-state index contributed by atoms with van der Waals surface area (Å²) in [5.41, 5.74) is 14.2. The molecule has 0 aliphatic rings. The second-order valence-electron chi connectivity index (χ2n) is 14.8. The van der Waals surface area contributed by atoms with Crippen molar-refractivity contribution in [1.82, 2.24) is 4.57 Å². The summed E-state index contributed by atoms with van der Waals surface area (Å²) in [4.78, 5) is 2.34. The zero-order valence-corrected chi connectivity index (χ0v) is 31.3. The van der Waals surface area contributed by atoms with Crippen LogP contribution in [-0.4, -0.2) is 4.57 Å². The van der Waals surface area contributed by atoms with E-state index < -0.39 is 0 Å². The van der Waals surface area contributed by atoms with Crippen molar-refractivity contribution in [1.29, 1.82) is 0 Å². The molecule has 0 aliphatic carbocycles. The molecule has 0 saturated heterocycles. The molecule has 0 spiro atoms. The highest BCUT2D eigenvalue weighted by Crippen LogP contribution is 2.50. The van der Waals surface area contributed by atoms with Gasteiger partial charge in [0.05, 0.1) is 27.8 Å². The fourth-order valence-electron chi connectivity index (χ4n) is 9.04. The Balaban J connectivity index is 1.16. The molecule has 9 aromatic carbocycles. The highest BCUT2D eigenvalue weighted by Gasteiger charge is 2.26. The average Bonchev–Trinajstić information content (AvgIpc) is 3.98. The van der Waals surface area contributed by atoms with Crippen LogP contribution < -0.4 is 4.90 Å². The van der Waals surface area contributed by atoms with E-state index >= 15 is 0 Å². The van der Waals surface area contributed by atoms with Crippen LogP contribution in [0.2, 0.25) is 0 Å². The standard InChI is InChI=1S/C54H34N2O2/c1-3-15-35(16-4-1)36-29-31-38(32-30-36)55(48-26-14-24-43-40-20-8-11-27-49(40)57-53(43)48)47-34-33-44(54-51(47)45-21-9-12-28-50(45)58-54)42-23-13-22-41-39-19-7-10-25-46(39)56(52(41)42)37-17-5-2-6-18-37/h1-34H. The van der Waals surface area contributed by atoms with Gasteiger partial charge in [-0.3, -0.25) is 0 Å². The van der Waals surface area contributed by atoms with Gasteiger partial charge < -0.3 is 18.3 Å². The molecule has 0 N–H and O–H groups in total. The molecule has 0 radical (unpaired) electrons. The third-order valence-electron chi connectivity index (χ3n) is 11.6. The lowest BCUT2D eigenvalue weighted by molar-refractivity contribution is 0.668. The van der Waals surface area contributed by atoms with Crippen LogP contribution >= 0.6 is 0 Å². The second kappa shape index (κ2) is 12.9. The molecule has 0 fully saturated rings. The summed E-state index contributed by atoms with van der Waals surface area (Å²) >= 11 is 0. The highest BCUT2D eigenvalue weighted by molar-refractivity contribution is 6.21.